The lowest BCUT2D eigenvalue weighted by Gasteiger charge is -2.35. The third-order valence-electron chi connectivity index (χ3n) is 5.47. The molecule has 126 valence electrons. The Labute approximate surface area is 143 Å². The van der Waals surface area contributed by atoms with Crippen molar-refractivity contribution in [3.8, 4) is 0 Å². The molecule has 0 radical (unpaired) electrons. The second-order valence-corrected chi connectivity index (χ2v) is 7.54. The van der Waals surface area contributed by atoms with E-state index in [1.54, 1.807) is 0 Å². The van der Waals surface area contributed by atoms with Crippen LogP contribution in [0, 0.1) is 0 Å². The molecule has 0 aliphatic carbocycles. The number of halogens is 1. The summed E-state index contributed by atoms with van der Waals surface area (Å²) in [6, 6.07) is 9.99. The summed E-state index contributed by atoms with van der Waals surface area (Å²) in [6.45, 7) is 5.30. The second kappa shape index (κ2) is 7.08. The van der Waals surface area contributed by atoms with E-state index < -0.39 is 0 Å². The molecule has 3 aliphatic heterocycles. The number of rotatable bonds is 3. The van der Waals surface area contributed by atoms with Gasteiger partial charge in [-0.1, -0.05) is 23.7 Å². The molecule has 5 heteroatoms. The summed E-state index contributed by atoms with van der Waals surface area (Å²) < 4.78 is 6.13. The molecular formula is C18H26ClN3O. The van der Waals surface area contributed by atoms with Gasteiger partial charge in [-0.2, -0.15) is 0 Å². The maximum Gasteiger partial charge on any atom is 0.0952 e. The van der Waals surface area contributed by atoms with Crippen molar-refractivity contribution in [2.24, 2.45) is 0 Å². The molecule has 0 spiro atoms. The summed E-state index contributed by atoms with van der Waals surface area (Å²) >= 11 is 5.99. The third kappa shape index (κ3) is 3.72. The van der Waals surface area contributed by atoms with E-state index in [9.17, 15) is 0 Å². The van der Waals surface area contributed by atoms with Gasteiger partial charge in [0.1, 0.15) is 0 Å². The summed E-state index contributed by atoms with van der Waals surface area (Å²) in [5.74, 6) is 0. The minimum atomic E-state index is 0.182. The largest absolute Gasteiger partial charge is 0.371 e. The Balaban J connectivity index is 1.33. The highest BCUT2D eigenvalue weighted by Crippen LogP contribution is 2.31. The highest BCUT2D eigenvalue weighted by molar-refractivity contribution is 6.30. The molecule has 4 nitrogen and oxygen atoms in total. The zero-order valence-corrected chi connectivity index (χ0v) is 14.3. The number of hydrogen-bond donors (Lipinski definition) is 2. The first-order valence-electron chi connectivity index (χ1n) is 8.86. The molecule has 0 amide bonds. The molecule has 3 fully saturated rings. The van der Waals surface area contributed by atoms with Gasteiger partial charge in [0, 0.05) is 36.2 Å². The standard InChI is InChI=1S/C18H26ClN3O/c19-14-3-1-13(2-4-14)18-11-22-10-16(9-17(22)12-23-18)21-15-5-7-20-8-6-15/h1-4,15-18,20-21H,5-12H2/t16-,17-,18+/m0/s1. The Morgan fingerprint density at radius 3 is 2.65 bits per heavy atom. The maximum absolute atomic E-state index is 6.13. The Bertz CT molecular complexity index is 518. The highest BCUT2D eigenvalue weighted by Gasteiger charge is 2.38. The van der Waals surface area contributed by atoms with Crippen molar-refractivity contribution in [3.05, 3.63) is 34.9 Å². The van der Waals surface area contributed by atoms with Gasteiger partial charge in [-0.15, -0.1) is 0 Å². The van der Waals surface area contributed by atoms with Gasteiger partial charge < -0.3 is 15.4 Å². The molecule has 1 aromatic rings. The SMILES string of the molecule is Clc1ccc([C@H]2CN3C[C@@H](NC4CCNCC4)C[C@H]3CO2)cc1. The van der Waals surface area contributed by atoms with Crippen LogP contribution in [0.5, 0.6) is 0 Å². The van der Waals surface area contributed by atoms with Crippen molar-refractivity contribution in [2.45, 2.75) is 43.5 Å². The molecule has 0 saturated carbocycles. The Hall–Kier alpha value is -0.650. The van der Waals surface area contributed by atoms with Gasteiger partial charge in [-0.25, -0.2) is 0 Å². The van der Waals surface area contributed by atoms with Crippen LogP contribution in [-0.2, 0) is 4.74 Å². The van der Waals surface area contributed by atoms with Crippen molar-refractivity contribution in [1.29, 1.82) is 0 Å². The van der Waals surface area contributed by atoms with Crippen LogP contribution < -0.4 is 10.6 Å². The van der Waals surface area contributed by atoms with Gasteiger partial charge in [-0.3, -0.25) is 4.90 Å². The lowest BCUT2D eigenvalue weighted by molar-refractivity contribution is -0.0502. The van der Waals surface area contributed by atoms with Crippen molar-refractivity contribution in [3.63, 3.8) is 0 Å². The van der Waals surface area contributed by atoms with Gasteiger partial charge in [0.25, 0.3) is 0 Å². The van der Waals surface area contributed by atoms with Crippen molar-refractivity contribution < 1.29 is 4.74 Å². The highest BCUT2D eigenvalue weighted by atomic mass is 35.5. The van der Waals surface area contributed by atoms with E-state index in [1.165, 1.54) is 24.8 Å². The summed E-state index contributed by atoms with van der Waals surface area (Å²) in [4.78, 5) is 2.61. The fourth-order valence-electron chi connectivity index (χ4n) is 4.20. The molecule has 1 aromatic carbocycles. The maximum atomic E-state index is 6.13. The predicted molar refractivity (Wildman–Crippen MR) is 92.9 cm³/mol. The lowest BCUT2D eigenvalue weighted by Crippen LogP contribution is -2.46. The Morgan fingerprint density at radius 1 is 1.09 bits per heavy atom. The predicted octanol–water partition coefficient (Wildman–Crippen LogP) is 2.20. The van der Waals surface area contributed by atoms with Crippen LogP contribution in [0.15, 0.2) is 24.3 Å². The Kier molecular flexibility index (Phi) is 4.88. The zero-order chi connectivity index (χ0) is 15.6. The summed E-state index contributed by atoms with van der Waals surface area (Å²) in [5, 5.41) is 8.11. The zero-order valence-electron chi connectivity index (χ0n) is 13.5. The van der Waals surface area contributed by atoms with Crippen LogP contribution in [0.3, 0.4) is 0 Å². The molecular weight excluding hydrogens is 310 g/mol. The number of hydrogen-bond acceptors (Lipinski definition) is 4. The molecule has 3 heterocycles. The van der Waals surface area contributed by atoms with Crippen LogP contribution in [0.4, 0.5) is 0 Å². The normalized spacial score (nSPS) is 32.8. The minimum Gasteiger partial charge on any atom is -0.371 e. The minimum absolute atomic E-state index is 0.182. The number of piperidine rings is 1. The van der Waals surface area contributed by atoms with Crippen molar-refractivity contribution >= 4 is 11.6 Å². The van der Waals surface area contributed by atoms with Gasteiger partial charge in [-0.05, 0) is 50.0 Å². The van der Waals surface area contributed by atoms with E-state index in [1.807, 2.05) is 12.1 Å². The van der Waals surface area contributed by atoms with E-state index in [4.69, 9.17) is 16.3 Å². The summed E-state index contributed by atoms with van der Waals surface area (Å²) in [7, 11) is 0. The molecule has 0 unspecified atom stereocenters. The van der Waals surface area contributed by atoms with E-state index >= 15 is 0 Å². The molecule has 3 saturated heterocycles. The fraction of sp³-hybridized carbons (Fsp3) is 0.667. The first-order valence-corrected chi connectivity index (χ1v) is 9.23. The van der Waals surface area contributed by atoms with Crippen LogP contribution in [-0.4, -0.2) is 55.8 Å². The van der Waals surface area contributed by atoms with E-state index in [0.717, 1.165) is 37.8 Å². The number of fused-ring (bicyclic) bond motifs is 1. The topological polar surface area (TPSA) is 36.5 Å². The fourth-order valence-corrected chi connectivity index (χ4v) is 4.32. The van der Waals surface area contributed by atoms with Crippen LogP contribution >= 0.6 is 11.6 Å². The molecule has 0 aromatic heterocycles. The molecule has 4 rings (SSSR count). The molecule has 3 aliphatic rings. The van der Waals surface area contributed by atoms with Crippen LogP contribution in [0.2, 0.25) is 5.02 Å². The summed E-state index contributed by atoms with van der Waals surface area (Å²) in [5.41, 5.74) is 1.24. The molecule has 2 N–H and O–H groups in total. The number of nitrogens with one attached hydrogen (secondary N) is 2. The van der Waals surface area contributed by atoms with Crippen LogP contribution in [0.1, 0.15) is 30.9 Å². The molecule has 23 heavy (non-hydrogen) atoms. The monoisotopic (exact) mass is 335 g/mol. The smallest absolute Gasteiger partial charge is 0.0952 e. The van der Waals surface area contributed by atoms with Crippen molar-refractivity contribution in [1.82, 2.24) is 15.5 Å². The second-order valence-electron chi connectivity index (χ2n) is 7.10. The van der Waals surface area contributed by atoms with Gasteiger partial charge in [0.2, 0.25) is 0 Å². The third-order valence-corrected chi connectivity index (χ3v) is 5.72. The average molecular weight is 336 g/mol. The van der Waals surface area contributed by atoms with Crippen LogP contribution in [0.25, 0.3) is 0 Å². The van der Waals surface area contributed by atoms with Gasteiger partial charge in [0.05, 0.1) is 12.7 Å². The van der Waals surface area contributed by atoms with Gasteiger partial charge in [0.15, 0.2) is 0 Å². The van der Waals surface area contributed by atoms with E-state index in [0.29, 0.717) is 18.1 Å². The summed E-state index contributed by atoms with van der Waals surface area (Å²) in [6.07, 6.45) is 3.91. The van der Waals surface area contributed by atoms with E-state index in [-0.39, 0.29) is 6.10 Å². The average Bonchev–Trinajstić information content (AvgIpc) is 2.98. The van der Waals surface area contributed by atoms with E-state index in [2.05, 4.69) is 27.7 Å². The van der Waals surface area contributed by atoms with Gasteiger partial charge >= 0.3 is 0 Å². The molecule has 0 bridgehead atoms. The lowest BCUT2D eigenvalue weighted by atomic mass is 10.0. The number of nitrogens with zero attached hydrogens (tertiary/aromatic N) is 1. The quantitative estimate of drug-likeness (QED) is 0.888. The van der Waals surface area contributed by atoms with Crippen molar-refractivity contribution in [2.75, 3.05) is 32.8 Å². The number of morpholine rings is 1. The first kappa shape index (κ1) is 15.9. The number of ether oxygens (including phenoxy) is 1. The first-order chi connectivity index (χ1) is 11.3. The Morgan fingerprint density at radius 2 is 1.87 bits per heavy atom. The molecule has 3 atom stereocenters. The number of benzene rings is 1.